The molecule has 0 bridgehead atoms. The van der Waals surface area contributed by atoms with Crippen molar-refractivity contribution in [2.75, 3.05) is 0 Å². The van der Waals surface area contributed by atoms with Crippen LogP contribution in [0.4, 0.5) is 0 Å². The van der Waals surface area contributed by atoms with Gasteiger partial charge in [0.05, 0.1) is 17.1 Å². The van der Waals surface area contributed by atoms with E-state index < -0.39 is 7.12 Å². The van der Waals surface area contributed by atoms with Gasteiger partial charge in [0.25, 0.3) is 0 Å². The molecule has 1 heterocycles. The Morgan fingerprint density at radius 3 is 2.38 bits per heavy atom. The zero-order valence-electron chi connectivity index (χ0n) is 13.0. The first-order valence-corrected chi connectivity index (χ1v) is 7.46. The highest BCUT2D eigenvalue weighted by Crippen LogP contribution is 2.36. The summed E-state index contributed by atoms with van der Waals surface area (Å²) in [5.41, 5.74) is 0.117. The number of rotatable bonds is 3. The van der Waals surface area contributed by atoms with Crippen LogP contribution in [0, 0.1) is 5.92 Å². The van der Waals surface area contributed by atoms with Gasteiger partial charge < -0.3 is 14.0 Å². The van der Waals surface area contributed by atoms with E-state index in [4.69, 9.17) is 14.0 Å². The Kier molecular flexibility index (Phi) is 3.37. The fourth-order valence-electron chi connectivity index (χ4n) is 2.22. The van der Waals surface area contributed by atoms with Crippen LogP contribution in [0.2, 0.25) is 0 Å². The monoisotopic (exact) mass is 288 g/mol. The van der Waals surface area contributed by atoms with E-state index in [2.05, 4.69) is 0 Å². The molecule has 5 heteroatoms. The van der Waals surface area contributed by atoms with Crippen LogP contribution < -0.4 is 10.2 Å². The first-order chi connectivity index (χ1) is 9.78. The fourth-order valence-corrected chi connectivity index (χ4v) is 2.22. The zero-order chi connectivity index (χ0) is 15.3. The number of hydrogen-bond donors (Lipinski definition) is 0. The van der Waals surface area contributed by atoms with E-state index in [0.29, 0.717) is 5.75 Å². The first-order valence-electron chi connectivity index (χ1n) is 7.46. The molecule has 1 aliphatic heterocycles. The summed E-state index contributed by atoms with van der Waals surface area (Å²) in [6.45, 7) is 8.07. The van der Waals surface area contributed by atoms with Crippen LogP contribution in [0.15, 0.2) is 24.3 Å². The van der Waals surface area contributed by atoms with E-state index in [1.165, 1.54) is 0 Å². The summed E-state index contributed by atoms with van der Waals surface area (Å²) in [7, 11) is -0.436. The molecule has 0 radical (unpaired) electrons. The third-order valence-electron chi connectivity index (χ3n) is 4.51. The number of ether oxygens (including phenoxy) is 1. The first kappa shape index (κ1) is 14.6. The van der Waals surface area contributed by atoms with Crippen molar-refractivity contribution in [2.24, 2.45) is 5.92 Å². The van der Waals surface area contributed by atoms with Gasteiger partial charge in [-0.25, -0.2) is 0 Å². The van der Waals surface area contributed by atoms with Gasteiger partial charge in [-0.3, -0.25) is 4.79 Å². The molecule has 1 saturated heterocycles. The molecule has 0 N–H and O–H groups in total. The van der Waals surface area contributed by atoms with Crippen LogP contribution in [0.25, 0.3) is 0 Å². The third kappa shape index (κ3) is 2.85. The molecule has 1 aliphatic carbocycles. The molecule has 0 spiro atoms. The summed E-state index contributed by atoms with van der Waals surface area (Å²) in [5, 5.41) is 0. The van der Waals surface area contributed by atoms with Crippen molar-refractivity contribution in [3.05, 3.63) is 24.3 Å². The van der Waals surface area contributed by atoms with Crippen LogP contribution >= 0.6 is 0 Å². The van der Waals surface area contributed by atoms with Crippen LogP contribution in [-0.4, -0.2) is 24.3 Å². The van der Waals surface area contributed by atoms with Crippen LogP contribution in [0.3, 0.4) is 0 Å². The standard InChI is InChI=1S/C16H21BO4/c1-15(2)16(3,4)21-17(20-15)12-6-5-7-13(10-12)19-14(18)11-8-9-11/h5-7,10-11H,8-9H2,1-4H3. The summed E-state index contributed by atoms with van der Waals surface area (Å²) >= 11 is 0. The molecule has 0 aromatic heterocycles. The topological polar surface area (TPSA) is 44.8 Å². The summed E-state index contributed by atoms with van der Waals surface area (Å²) in [6, 6.07) is 7.39. The molecule has 1 aromatic rings. The molecule has 112 valence electrons. The lowest BCUT2D eigenvalue weighted by molar-refractivity contribution is -0.135. The van der Waals surface area contributed by atoms with Gasteiger partial charge in [0.2, 0.25) is 0 Å². The Morgan fingerprint density at radius 2 is 1.81 bits per heavy atom. The third-order valence-corrected chi connectivity index (χ3v) is 4.51. The van der Waals surface area contributed by atoms with Crippen LogP contribution in [0.5, 0.6) is 5.75 Å². The quantitative estimate of drug-likeness (QED) is 0.486. The largest absolute Gasteiger partial charge is 0.494 e. The van der Waals surface area contributed by atoms with Crippen molar-refractivity contribution in [3.63, 3.8) is 0 Å². The van der Waals surface area contributed by atoms with E-state index in [9.17, 15) is 4.79 Å². The Labute approximate surface area is 125 Å². The highest BCUT2D eigenvalue weighted by Gasteiger charge is 2.51. The van der Waals surface area contributed by atoms with Gasteiger partial charge in [0, 0.05) is 0 Å². The summed E-state index contributed by atoms with van der Waals surface area (Å²) in [6.07, 6.45) is 1.88. The smallest absolute Gasteiger partial charge is 0.426 e. The molecule has 3 rings (SSSR count). The minimum absolute atomic E-state index is 0.0884. The van der Waals surface area contributed by atoms with Gasteiger partial charge in [-0.2, -0.15) is 0 Å². The van der Waals surface area contributed by atoms with Crippen molar-refractivity contribution in [3.8, 4) is 5.75 Å². The molecule has 0 atom stereocenters. The lowest BCUT2D eigenvalue weighted by Crippen LogP contribution is -2.41. The lowest BCUT2D eigenvalue weighted by atomic mass is 9.79. The van der Waals surface area contributed by atoms with Crippen molar-refractivity contribution in [1.29, 1.82) is 0 Å². The summed E-state index contributed by atoms with van der Waals surface area (Å²) in [4.78, 5) is 11.7. The fraction of sp³-hybridized carbons (Fsp3) is 0.562. The van der Waals surface area contributed by atoms with Gasteiger partial charge >= 0.3 is 13.1 Å². The molecule has 0 unspecified atom stereocenters. The molecule has 1 saturated carbocycles. The van der Waals surface area contributed by atoms with Gasteiger partial charge in [0.15, 0.2) is 0 Å². The van der Waals surface area contributed by atoms with E-state index in [0.717, 1.165) is 18.3 Å². The Bertz CT molecular complexity index is 547. The predicted octanol–water partition coefficient (Wildman–Crippen LogP) is 2.30. The molecule has 0 amide bonds. The van der Waals surface area contributed by atoms with Crippen LogP contribution in [-0.2, 0) is 14.1 Å². The number of carbonyl (C=O) groups excluding carboxylic acids is 1. The van der Waals surface area contributed by atoms with E-state index in [1.54, 1.807) is 6.07 Å². The van der Waals surface area contributed by atoms with Crippen molar-refractivity contribution in [2.45, 2.75) is 51.7 Å². The molecular weight excluding hydrogens is 267 g/mol. The number of hydrogen-bond acceptors (Lipinski definition) is 4. The minimum atomic E-state index is -0.436. The highest BCUT2D eigenvalue weighted by atomic mass is 16.7. The van der Waals surface area contributed by atoms with Gasteiger partial charge in [-0.15, -0.1) is 0 Å². The maximum atomic E-state index is 11.7. The van der Waals surface area contributed by atoms with Gasteiger partial charge in [0.1, 0.15) is 5.75 Å². The molecular formula is C16H21BO4. The molecule has 21 heavy (non-hydrogen) atoms. The number of carbonyl (C=O) groups is 1. The maximum Gasteiger partial charge on any atom is 0.494 e. The van der Waals surface area contributed by atoms with E-state index >= 15 is 0 Å². The van der Waals surface area contributed by atoms with Crippen molar-refractivity contribution in [1.82, 2.24) is 0 Å². The molecule has 4 nitrogen and oxygen atoms in total. The summed E-state index contributed by atoms with van der Waals surface area (Å²) < 4.78 is 17.4. The molecule has 2 aliphatic rings. The van der Waals surface area contributed by atoms with Gasteiger partial charge in [-0.1, -0.05) is 12.1 Å². The second-order valence-corrected chi connectivity index (χ2v) is 6.86. The van der Waals surface area contributed by atoms with E-state index in [-0.39, 0.29) is 23.1 Å². The normalized spacial score (nSPS) is 23.1. The zero-order valence-corrected chi connectivity index (χ0v) is 13.0. The predicted molar refractivity (Wildman–Crippen MR) is 80.5 cm³/mol. The Morgan fingerprint density at radius 1 is 1.19 bits per heavy atom. The lowest BCUT2D eigenvalue weighted by Gasteiger charge is -2.32. The number of benzene rings is 1. The van der Waals surface area contributed by atoms with E-state index in [1.807, 2.05) is 45.9 Å². The molecule has 1 aromatic carbocycles. The Hall–Kier alpha value is -1.33. The molecule has 2 fully saturated rings. The number of esters is 1. The van der Waals surface area contributed by atoms with Crippen molar-refractivity contribution >= 4 is 18.6 Å². The van der Waals surface area contributed by atoms with Crippen LogP contribution in [0.1, 0.15) is 40.5 Å². The summed E-state index contributed by atoms with van der Waals surface area (Å²) in [5.74, 6) is 0.505. The average molecular weight is 288 g/mol. The SMILES string of the molecule is CC1(C)OB(c2cccc(OC(=O)C3CC3)c2)OC1(C)C. The second kappa shape index (κ2) is 4.85. The highest BCUT2D eigenvalue weighted by molar-refractivity contribution is 6.62. The Balaban J connectivity index is 1.76. The van der Waals surface area contributed by atoms with Gasteiger partial charge in [-0.05, 0) is 58.1 Å². The maximum absolute atomic E-state index is 11.7. The second-order valence-electron chi connectivity index (χ2n) is 6.86. The average Bonchev–Trinajstić information content (AvgIpc) is 3.18. The minimum Gasteiger partial charge on any atom is -0.426 e. The van der Waals surface area contributed by atoms with Crippen molar-refractivity contribution < 1.29 is 18.8 Å².